The predicted molar refractivity (Wildman–Crippen MR) is 80.0 cm³/mol. The van der Waals surface area contributed by atoms with E-state index in [0.717, 1.165) is 18.6 Å². The predicted octanol–water partition coefficient (Wildman–Crippen LogP) is 3.58. The second kappa shape index (κ2) is 8.12. The van der Waals surface area contributed by atoms with Crippen molar-refractivity contribution in [1.29, 1.82) is 0 Å². The normalized spacial score (nSPS) is 15.7. The Morgan fingerprint density at radius 2 is 1.90 bits per heavy atom. The number of amides is 1. The molecule has 1 saturated carbocycles. The van der Waals surface area contributed by atoms with Crippen molar-refractivity contribution in [3.8, 4) is 0 Å². The van der Waals surface area contributed by atoms with Crippen LogP contribution in [0.4, 0.5) is 4.79 Å². The van der Waals surface area contributed by atoms with Crippen molar-refractivity contribution in [1.82, 2.24) is 4.90 Å². The van der Waals surface area contributed by atoms with Crippen LogP contribution in [-0.4, -0.2) is 42.0 Å². The monoisotopic (exact) mass is 284 g/mol. The van der Waals surface area contributed by atoms with E-state index in [2.05, 4.69) is 5.16 Å². The Bertz CT molecular complexity index is 327. The average molecular weight is 284 g/mol. The highest BCUT2D eigenvalue weighted by atomic mass is 16.6. The minimum atomic E-state index is -0.465. The lowest BCUT2D eigenvalue weighted by Crippen LogP contribution is -2.38. The minimum absolute atomic E-state index is 0.297. The van der Waals surface area contributed by atoms with Gasteiger partial charge in [-0.1, -0.05) is 11.6 Å². The summed E-state index contributed by atoms with van der Waals surface area (Å²) in [5, 5.41) is 4.16. The Labute approximate surface area is 122 Å². The van der Waals surface area contributed by atoms with Crippen molar-refractivity contribution in [2.24, 2.45) is 5.16 Å². The lowest BCUT2D eigenvalue weighted by Gasteiger charge is -2.26. The number of carbonyl (C=O) groups excluding carboxylic acids is 1. The van der Waals surface area contributed by atoms with Gasteiger partial charge in [-0.3, -0.25) is 0 Å². The van der Waals surface area contributed by atoms with Crippen LogP contribution in [0, 0.1) is 0 Å². The number of likely N-dealkylation sites (N-methyl/N-ethyl adjacent to an activating group) is 1. The SMILES string of the molecule is CCN(CCON=C1CCCCC1)C(=O)OC(C)(C)C. The molecule has 1 aliphatic rings. The molecule has 1 aliphatic carbocycles. The summed E-state index contributed by atoms with van der Waals surface area (Å²) in [6.07, 6.45) is 5.51. The molecule has 0 bridgehead atoms. The van der Waals surface area contributed by atoms with E-state index in [1.54, 1.807) is 4.90 Å². The first-order valence-corrected chi connectivity index (χ1v) is 7.58. The highest BCUT2D eigenvalue weighted by Gasteiger charge is 2.20. The third-order valence-electron chi connectivity index (χ3n) is 3.11. The maximum absolute atomic E-state index is 11.9. The number of ether oxygens (including phenoxy) is 1. The zero-order valence-corrected chi connectivity index (χ0v) is 13.3. The second-order valence-electron chi connectivity index (χ2n) is 6.11. The van der Waals surface area contributed by atoms with Gasteiger partial charge in [0.25, 0.3) is 0 Å². The number of oxime groups is 1. The molecule has 0 spiro atoms. The Morgan fingerprint density at radius 1 is 1.25 bits per heavy atom. The molecule has 0 saturated heterocycles. The Balaban J connectivity index is 2.28. The van der Waals surface area contributed by atoms with Crippen molar-refractivity contribution in [2.45, 2.75) is 65.4 Å². The highest BCUT2D eigenvalue weighted by Crippen LogP contribution is 2.15. The highest BCUT2D eigenvalue weighted by molar-refractivity contribution is 5.84. The first-order valence-electron chi connectivity index (χ1n) is 7.58. The van der Waals surface area contributed by atoms with Gasteiger partial charge >= 0.3 is 6.09 Å². The molecule has 0 aliphatic heterocycles. The van der Waals surface area contributed by atoms with Crippen molar-refractivity contribution < 1.29 is 14.4 Å². The lowest BCUT2D eigenvalue weighted by molar-refractivity contribution is 0.0190. The molecule has 0 atom stereocenters. The minimum Gasteiger partial charge on any atom is -0.444 e. The largest absolute Gasteiger partial charge is 0.444 e. The van der Waals surface area contributed by atoms with Crippen molar-refractivity contribution in [3.63, 3.8) is 0 Å². The fourth-order valence-electron chi connectivity index (χ4n) is 2.04. The van der Waals surface area contributed by atoms with Gasteiger partial charge in [0.1, 0.15) is 12.2 Å². The van der Waals surface area contributed by atoms with E-state index in [1.165, 1.54) is 19.3 Å². The number of hydrogen-bond acceptors (Lipinski definition) is 4. The van der Waals surface area contributed by atoms with E-state index in [1.807, 2.05) is 27.7 Å². The fourth-order valence-corrected chi connectivity index (χ4v) is 2.04. The van der Waals surface area contributed by atoms with Gasteiger partial charge in [0.15, 0.2) is 0 Å². The van der Waals surface area contributed by atoms with Gasteiger partial charge in [0, 0.05) is 6.54 Å². The van der Waals surface area contributed by atoms with Crippen molar-refractivity contribution in [2.75, 3.05) is 19.7 Å². The molecule has 5 nitrogen and oxygen atoms in total. The van der Waals surface area contributed by atoms with Crippen LogP contribution in [0.25, 0.3) is 0 Å². The molecule has 0 radical (unpaired) electrons. The molecule has 0 aromatic heterocycles. The molecule has 0 aromatic rings. The van der Waals surface area contributed by atoms with E-state index < -0.39 is 5.60 Å². The summed E-state index contributed by atoms with van der Waals surface area (Å²) >= 11 is 0. The standard InChI is InChI=1S/C15H28N2O3/c1-5-17(14(18)20-15(2,3)4)11-12-19-16-13-9-7-6-8-10-13/h5-12H2,1-4H3. The van der Waals surface area contributed by atoms with Crippen LogP contribution >= 0.6 is 0 Å². The Morgan fingerprint density at radius 3 is 2.45 bits per heavy atom. The molecule has 1 fully saturated rings. The molecule has 1 rings (SSSR count). The van der Waals surface area contributed by atoms with Gasteiger partial charge in [-0.05, 0) is 53.4 Å². The third kappa shape index (κ3) is 6.78. The van der Waals surface area contributed by atoms with Gasteiger partial charge in [-0.2, -0.15) is 0 Å². The van der Waals surface area contributed by atoms with Gasteiger partial charge in [-0.25, -0.2) is 4.79 Å². The summed E-state index contributed by atoms with van der Waals surface area (Å²) < 4.78 is 5.33. The van der Waals surface area contributed by atoms with Crippen LogP contribution in [-0.2, 0) is 9.57 Å². The van der Waals surface area contributed by atoms with Crippen LogP contribution in [0.3, 0.4) is 0 Å². The van der Waals surface area contributed by atoms with E-state index in [-0.39, 0.29) is 6.09 Å². The molecule has 0 unspecified atom stereocenters. The Hall–Kier alpha value is -1.26. The number of rotatable bonds is 5. The molecule has 116 valence electrons. The first kappa shape index (κ1) is 16.8. The van der Waals surface area contributed by atoms with Crippen LogP contribution in [0.5, 0.6) is 0 Å². The summed E-state index contributed by atoms with van der Waals surface area (Å²) in [7, 11) is 0. The molecule has 0 heterocycles. The number of carbonyl (C=O) groups is 1. The summed E-state index contributed by atoms with van der Waals surface area (Å²) in [6, 6.07) is 0. The van der Waals surface area contributed by atoms with E-state index >= 15 is 0 Å². The van der Waals surface area contributed by atoms with Gasteiger partial charge in [0.2, 0.25) is 0 Å². The smallest absolute Gasteiger partial charge is 0.410 e. The fraction of sp³-hybridized carbons (Fsp3) is 0.867. The molecule has 20 heavy (non-hydrogen) atoms. The molecular formula is C15H28N2O3. The van der Waals surface area contributed by atoms with Gasteiger partial charge in [0.05, 0.1) is 12.3 Å². The molecular weight excluding hydrogens is 256 g/mol. The summed E-state index contributed by atoms with van der Waals surface area (Å²) in [6.45, 7) is 9.05. The summed E-state index contributed by atoms with van der Waals surface area (Å²) in [4.78, 5) is 18.9. The number of hydrogen-bond donors (Lipinski definition) is 0. The van der Waals surface area contributed by atoms with Crippen LogP contribution in [0.15, 0.2) is 5.16 Å². The number of nitrogens with zero attached hydrogens (tertiary/aromatic N) is 2. The van der Waals surface area contributed by atoms with E-state index in [0.29, 0.717) is 19.7 Å². The molecule has 5 heteroatoms. The van der Waals surface area contributed by atoms with Crippen LogP contribution in [0.2, 0.25) is 0 Å². The third-order valence-corrected chi connectivity index (χ3v) is 3.11. The Kier molecular flexibility index (Phi) is 6.82. The van der Waals surface area contributed by atoms with Gasteiger partial charge < -0.3 is 14.5 Å². The molecule has 0 N–H and O–H groups in total. The van der Waals surface area contributed by atoms with Crippen LogP contribution < -0.4 is 0 Å². The molecule has 0 aromatic carbocycles. The van der Waals surface area contributed by atoms with E-state index in [9.17, 15) is 4.79 Å². The topological polar surface area (TPSA) is 51.1 Å². The zero-order valence-electron chi connectivity index (χ0n) is 13.3. The summed E-state index contributed by atoms with van der Waals surface area (Å²) in [5.41, 5.74) is 0.685. The van der Waals surface area contributed by atoms with Crippen molar-refractivity contribution >= 4 is 11.8 Å². The summed E-state index contributed by atoms with van der Waals surface area (Å²) in [5.74, 6) is 0. The second-order valence-corrected chi connectivity index (χ2v) is 6.11. The maximum atomic E-state index is 11.9. The average Bonchev–Trinajstić information content (AvgIpc) is 2.38. The van der Waals surface area contributed by atoms with Crippen LogP contribution in [0.1, 0.15) is 59.8 Å². The zero-order chi connectivity index (χ0) is 15.0. The quantitative estimate of drug-likeness (QED) is 0.572. The molecule has 1 amide bonds. The first-order chi connectivity index (χ1) is 9.42. The lowest BCUT2D eigenvalue weighted by atomic mass is 9.99. The maximum Gasteiger partial charge on any atom is 0.410 e. The van der Waals surface area contributed by atoms with Crippen molar-refractivity contribution in [3.05, 3.63) is 0 Å². The van der Waals surface area contributed by atoms with Gasteiger partial charge in [-0.15, -0.1) is 0 Å². The van der Waals surface area contributed by atoms with E-state index in [4.69, 9.17) is 9.57 Å².